The number of carbonyl (C=O) groups is 1. The van der Waals surface area contributed by atoms with Crippen molar-refractivity contribution in [2.24, 2.45) is 0 Å². The second-order valence-electron chi connectivity index (χ2n) is 4.50. The van der Waals surface area contributed by atoms with Gasteiger partial charge in [0, 0.05) is 0 Å². The summed E-state index contributed by atoms with van der Waals surface area (Å²) in [7, 11) is -0.983. The van der Waals surface area contributed by atoms with Crippen molar-refractivity contribution in [3.8, 4) is 11.5 Å². The molecule has 2 N–H and O–H groups in total. The maximum atomic E-state index is 11.4. The second kappa shape index (κ2) is 8.00. The van der Waals surface area contributed by atoms with Gasteiger partial charge in [-0.3, -0.25) is 0 Å². The summed E-state index contributed by atoms with van der Waals surface area (Å²) >= 11 is 0. The van der Waals surface area contributed by atoms with E-state index >= 15 is 0 Å². The minimum atomic E-state index is -1.12. The molecule has 1 atom stereocenters. The van der Waals surface area contributed by atoms with E-state index in [0.29, 0.717) is 6.42 Å². The van der Waals surface area contributed by atoms with Crippen LogP contribution < -0.4 is 0 Å². The number of fused-ring (bicyclic) bond motifs is 1. The van der Waals surface area contributed by atoms with Gasteiger partial charge in [-0.15, -0.1) is 0 Å². The Hall–Kier alpha value is -1.79. The predicted octanol–water partition coefficient (Wildman–Crippen LogP) is 3.27. The first-order valence-corrected chi connectivity index (χ1v) is 8.03. The number of carboxylic acid groups (broad SMARTS) is 1. The molecular formula is C14H12N2O4P2. The number of nitrogens with zero attached hydrogens (tertiary/aromatic N) is 1. The van der Waals surface area contributed by atoms with Crippen LogP contribution in [-0.4, -0.2) is 27.0 Å². The normalized spacial score (nSPS) is 11.7. The first-order valence-electron chi connectivity index (χ1n) is 6.40. The number of hydrogen-bond acceptors (Lipinski definition) is 4. The Morgan fingerprint density at radius 1 is 1.27 bits per heavy atom. The van der Waals surface area contributed by atoms with Gasteiger partial charge in [0.25, 0.3) is 0 Å². The van der Waals surface area contributed by atoms with E-state index in [2.05, 4.69) is 16.5 Å². The molecule has 2 rings (SSSR count). The van der Waals surface area contributed by atoms with Gasteiger partial charge in [0.2, 0.25) is 0 Å². The molecule has 0 saturated carbocycles. The van der Waals surface area contributed by atoms with E-state index in [4.69, 9.17) is 0 Å². The second-order valence-corrected chi connectivity index (χ2v) is 5.27. The van der Waals surface area contributed by atoms with Gasteiger partial charge in [-0.25, -0.2) is 0 Å². The predicted molar refractivity (Wildman–Crippen MR) is 82.9 cm³/mol. The number of aryl methyl sites for hydroxylation is 1. The van der Waals surface area contributed by atoms with E-state index in [-0.39, 0.29) is 6.42 Å². The molecule has 112 valence electrons. The summed E-state index contributed by atoms with van der Waals surface area (Å²) in [6, 6.07) is 6.69. The third kappa shape index (κ3) is 3.90. The number of aromatic amines is 1. The van der Waals surface area contributed by atoms with Crippen LogP contribution in [0.3, 0.4) is 0 Å². The van der Waals surface area contributed by atoms with Crippen molar-refractivity contribution >= 4 is 32.7 Å². The Morgan fingerprint density at radius 2 is 1.95 bits per heavy atom. The molecule has 1 aromatic carbocycles. The Kier molecular flexibility index (Phi) is 6.03. The molecule has 8 heteroatoms. The molecule has 0 saturated heterocycles. The topological polar surface area (TPSA) is 90.5 Å². The zero-order valence-electron chi connectivity index (χ0n) is 11.4. The molecule has 2 aromatic rings. The molecule has 0 bridgehead atoms. The molecule has 1 heterocycles. The number of H-pyrrole nitrogens is 1. The van der Waals surface area contributed by atoms with Crippen molar-refractivity contribution in [1.82, 2.24) is 9.88 Å². The van der Waals surface area contributed by atoms with E-state index in [1.165, 1.54) is 0 Å². The number of rotatable bonds is 5. The Balaban J connectivity index is 2.22. The Labute approximate surface area is 128 Å². The van der Waals surface area contributed by atoms with Gasteiger partial charge < -0.3 is 0 Å². The molecule has 0 aliphatic carbocycles. The van der Waals surface area contributed by atoms with Gasteiger partial charge in [0.05, 0.1) is 0 Å². The van der Waals surface area contributed by atoms with Crippen LogP contribution in [0, 0.1) is 11.5 Å². The quantitative estimate of drug-likeness (QED) is 0.647. The van der Waals surface area contributed by atoms with Crippen LogP contribution in [0.1, 0.15) is 12.0 Å². The van der Waals surface area contributed by atoms with Crippen molar-refractivity contribution in [3.63, 3.8) is 0 Å². The summed E-state index contributed by atoms with van der Waals surface area (Å²) < 4.78 is 21.3. The molecule has 0 unspecified atom stereocenters. The van der Waals surface area contributed by atoms with Crippen molar-refractivity contribution in [1.29, 1.82) is 0 Å². The van der Waals surface area contributed by atoms with Crippen molar-refractivity contribution in [2.45, 2.75) is 18.9 Å². The summed E-state index contributed by atoms with van der Waals surface area (Å²) in [4.78, 5) is 15.5. The molecule has 0 aliphatic rings. The maximum absolute atomic E-state index is 11.4. The summed E-state index contributed by atoms with van der Waals surface area (Å²) in [5, 5.41) is 10.3. The molecule has 0 spiro atoms. The van der Waals surface area contributed by atoms with Crippen LogP contribution in [0.4, 0.5) is 0 Å². The van der Waals surface area contributed by atoms with Crippen LogP contribution in [0.2, 0.25) is 0 Å². The van der Waals surface area contributed by atoms with Crippen molar-refractivity contribution < 1.29 is 19.0 Å². The molecule has 0 fully saturated rings. The number of nitrogens with one attached hydrogen (secondary N) is 1. The number of benzene rings is 1. The number of carboxylic acids is 1. The summed E-state index contributed by atoms with van der Waals surface area (Å²) in [6.45, 7) is 0. The molecule has 6 nitrogen and oxygen atoms in total. The third-order valence-electron chi connectivity index (χ3n) is 3.26. The van der Waals surface area contributed by atoms with Gasteiger partial charge in [-0.2, -0.15) is 0 Å². The third-order valence-corrected chi connectivity index (χ3v) is 3.85. The van der Waals surface area contributed by atoms with Crippen molar-refractivity contribution in [2.75, 3.05) is 0 Å². The van der Waals surface area contributed by atoms with Crippen LogP contribution in [-0.2, 0) is 20.3 Å². The average Bonchev–Trinajstić information content (AvgIpc) is 2.91. The first-order chi connectivity index (χ1) is 10.7. The number of aromatic nitrogens is 1. The van der Waals surface area contributed by atoms with Gasteiger partial charge in [-0.1, -0.05) is 0 Å². The van der Waals surface area contributed by atoms with E-state index in [0.717, 1.165) is 21.4 Å². The standard InChI is InChI=1S/C14H12N2O4P2/c17-14(18)13(16(8-21-19)9-22-20)6-5-10-7-15-12-4-2-1-3-11(10)12/h1-4,7,13,15H,5-6H2,(H,17,18)/t13-/m0/s1. The summed E-state index contributed by atoms with van der Waals surface area (Å²) in [6.07, 6.45) is 2.57. The van der Waals surface area contributed by atoms with Gasteiger partial charge in [0.1, 0.15) is 0 Å². The number of hydrogen-bond donors (Lipinski definition) is 2. The van der Waals surface area contributed by atoms with Gasteiger partial charge in [-0.05, 0) is 0 Å². The zero-order valence-corrected chi connectivity index (χ0v) is 13.2. The SMILES string of the molecule is O=P#CN(C#P=O)[C@@H](CCc1c[nH]c2ccccc12)C(=O)O. The number of para-hydroxylation sites is 1. The van der Waals surface area contributed by atoms with E-state index in [1.54, 1.807) is 0 Å². The fourth-order valence-electron chi connectivity index (χ4n) is 2.24. The summed E-state index contributed by atoms with van der Waals surface area (Å²) in [5.74, 6) is 3.43. The van der Waals surface area contributed by atoms with E-state index < -0.39 is 27.8 Å². The van der Waals surface area contributed by atoms with Crippen LogP contribution in [0.15, 0.2) is 30.5 Å². The van der Waals surface area contributed by atoms with E-state index in [9.17, 15) is 19.0 Å². The van der Waals surface area contributed by atoms with Crippen LogP contribution in [0.25, 0.3) is 10.9 Å². The van der Waals surface area contributed by atoms with Gasteiger partial charge in [0.15, 0.2) is 0 Å². The Morgan fingerprint density at radius 3 is 2.59 bits per heavy atom. The monoisotopic (exact) mass is 334 g/mol. The van der Waals surface area contributed by atoms with Gasteiger partial charge >= 0.3 is 128 Å². The Bertz CT molecular complexity index is 870. The molecule has 1 aromatic heterocycles. The fraction of sp³-hybridized carbons (Fsp3) is 0.214. The molecular weight excluding hydrogens is 322 g/mol. The van der Waals surface area contributed by atoms with Crippen molar-refractivity contribution in [3.05, 3.63) is 36.0 Å². The average molecular weight is 334 g/mol. The van der Waals surface area contributed by atoms with Crippen LogP contribution in [0.5, 0.6) is 0 Å². The molecule has 22 heavy (non-hydrogen) atoms. The molecule has 0 aliphatic heterocycles. The van der Waals surface area contributed by atoms with Crippen LogP contribution >= 0.6 is 15.8 Å². The summed E-state index contributed by atoms with van der Waals surface area (Å²) in [5.41, 5.74) is 1.97. The molecule has 0 amide bonds. The van der Waals surface area contributed by atoms with E-state index in [1.807, 2.05) is 30.5 Å². The fourth-order valence-corrected chi connectivity index (χ4v) is 2.88. The first kappa shape index (κ1) is 16.6. The minimum absolute atomic E-state index is 0.238. The number of aliphatic carboxylic acids is 1. The zero-order chi connectivity index (χ0) is 15.9. The molecule has 0 radical (unpaired) electrons.